The Labute approximate surface area is 125 Å². The number of hydrogen-bond acceptors (Lipinski definition) is 3. The van der Waals surface area contributed by atoms with E-state index in [1.54, 1.807) is 18.2 Å². The Morgan fingerprint density at radius 1 is 1.58 bits per heavy atom. The molecule has 104 valence electrons. The summed E-state index contributed by atoms with van der Waals surface area (Å²) in [5.41, 5.74) is 6.41. The van der Waals surface area contributed by atoms with Gasteiger partial charge in [-0.25, -0.2) is 0 Å². The number of carbonyl (C=O) groups excluding carboxylic acids is 1. The topological polar surface area (TPSA) is 64.3 Å². The summed E-state index contributed by atoms with van der Waals surface area (Å²) >= 11 is 9.24. The van der Waals surface area contributed by atoms with Crippen LogP contribution < -0.4 is 11.1 Å². The maximum absolute atomic E-state index is 12.1. The van der Waals surface area contributed by atoms with Crippen LogP contribution in [-0.4, -0.2) is 30.7 Å². The molecular weight excluding hydrogens is 332 g/mol. The number of nitrogens with two attached hydrogens (primary N) is 1. The van der Waals surface area contributed by atoms with Gasteiger partial charge < -0.3 is 15.8 Å². The van der Waals surface area contributed by atoms with E-state index in [9.17, 15) is 4.79 Å². The first-order valence-electron chi connectivity index (χ1n) is 6.15. The molecule has 0 bridgehead atoms. The molecule has 1 saturated carbocycles. The van der Waals surface area contributed by atoms with E-state index in [1.807, 2.05) is 6.92 Å². The third-order valence-corrected chi connectivity index (χ3v) is 3.85. The third kappa shape index (κ3) is 3.48. The van der Waals surface area contributed by atoms with Gasteiger partial charge in [-0.2, -0.15) is 0 Å². The summed E-state index contributed by atoms with van der Waals surface area (Å²) in [6.45, 7) is 2.54. The smallest absolute Gasteiger partial charge is 0.251 e. The summed E-state index contributed by atoms with van der Waals surface area (Å²) in [5, 5.41) is 3.42. The van der Waals surface area contributed by atoms with Gasteiger partial charge in [0.05, 0.1) is 12.1 Å². The zero-order chi connectivity index (χ0) is 14.0. The Morgan fingerprint density at radius 2 is 2.32 bits per heavy atom. The summed E-state index contributed by atoms with van der Waals surface area (Å²) in [6, 6.07) is 4.90. The van der Waals surface area contributed by atoms with Gasteiger partial charge in [-0.05, 0) is 31.5 Å². The van der Waals surface area contributed by atoms with Crippen molar-refractivity contribution in [2.45, 2.75) is 31.5 Å². The molecule has 2 rings (SSSR count). The van der Waals surface area contributed by atoms with Crippen LogP contribution in [0.3, 0.4) is 0 Å². The number of halogens is 2. The van der Waals surface area contributed by atoms with E-state index in [-0.39, 0.29) is 24.1 Å². The first-order chi connectivity index (χ1) is 9.01. The molecule has 1 aliphatic rings. The zero-order valence-electron chi connectivity index (χ0n) is 10.5. The van der Waals surface area contributed by atoms with Crippen molar-refractivity contribution in [3.8, 4) is 0 Å². The Kier molecular flexibility index (Phi) is 4.84. The molecule has 1 aromatic rings. The minimum absolute atomic E-state index is 0.00609. The Bertz CT molecular complexity index is 461. The van der Waals surface area contributed by atoms with E-state index in [1.165, 1.54) is 0 Å². The summed E-state index contributed by atoms with van der Waals surface area (Å²) in [5.74, 6) is -0.187. The second-order valence-electron chi connectivity index (χ2n) is 4.55. The maximum atomic E-state index is 12.1. The lowest BCUT2D eigenvalue weighted by molar-refractivity contribution is -0.0300. The van der Waals surface area contributed by atoms with Gasteiger partial charge in [-0.3, -0.25) is 4.79 Å². The highest BCUT2D eigenvalue weighted by Gasteiger charge is 2.40. The molecule has 19 heavy (non-hydrogen) atoms. The van der Waals surface area contributed by atoms with Gasteiger partial charge in [0.1, 0.15) is 0 Å². The average molecular weight is 348 g/mol. The molecule has 0 aliphatic heterocycles. The Balaban J connectivity index is 2.04. The minimum atomic E-state index is -0.187. The largest absolute Gasteiger partial charge is 0.376 e. The Hall–Kier alpha value is -0.620. The van der Waals surface area contributed by atoms with Crippen LogP contribution in [0.4, 0.5) is 0 Å². The number of benzene rings is 1. The lowest BCUT2D eigenvalue weighted by Gasteiger charge is -2.42. The molecule has 6 heteroatoms. The van der Waals surface area contributed by atoms with Crippen LogP contribution in [0.5, 0.6) is 0 Å². The van der Waals surface area contributed by atoms with Gasteiger partial charge in [-0.15, -0.1) is 0 Å². The van der Waals surface area contributed by atoms with Crippen molar-refractivity contribution in [1.29, 1.82) is 0 Å². The predicted octanol–water partition coefficient (Wildman–Crippen LogP) is 2.34. The summed E-state index contributed by atoms with van der Waals surface area (Å²) < 4.78 is 6.28. The van der Waals surface area contributed by atoms with Crippen molar-refractivity contribution in [2.24, 2.45) is 5.73 Å². The molecule has 3 unspecified atom stereocenters. The monoisotopic (exact) mass is 346 g/mol. The molecule has 4 nitrogen and oxygen atoms in total. The minimum Gasteiger partial charge on any atom is -0.376 e. The van der Waals surface area contributed by atoms with Gasteiger partial charge >= 0.3 is 0 Å². The number of ether oxygens (including phenoxy) is 1. The molecule has 3 N–H and O–H groups in total. The molecular formula is C13H16BrClN2O2. The van der Waals surface area contributed by atoms with E-state index >= 15 is 0 Å². The van der Waals surface area contributed by atoms with Crippen molar-refractivity contribution < 1.29 is 9.53 Å². The molecule has 3 atom stereocenters. The normalized spacial score (nSPS) is 25.8. The fraction of sp³-hybridized carbons (Fsp3) is 0.462. The van der Waals surface area contributed by atoms with Crippen molar-refractivity contribution >= 4 is 33.4 Å². The molecule has 0 saturated heterocycles. The SMILES string of the molecule is CCOC1CC(N)C1NC(=O)c1cc(Cl)cc(Br)c1. The highest BCUT2D eigenvalue weighted by molar-refractivity contribution is 9.10. The predicted molar refractivity (Wildman–Crippen MR) is 78.4 cm³/mol. The summed E-state index contributed by atoms with van der Waals surface area (Å²) in [4.78, 5) is 12.1. The number of hydrogen-bond donors (Lipinski definition) is 2. The summed E-state index contributed by atoms with van der Waals surface area (Å²) in [7, 11) is 0. The van der Waals surface area contributed by atoms with Gasteiger partial charge in [-0.1, -0.05) is 27.5 Å². The lowest BCUT2D eigenvalue weighted by atomic mass is 9.83. The number of amides is 1. The van der Waals surface area contributed by atoms with Gasteiger partial charge in [0.15, 0.2) is 0 Å². The van der Waals surface area contributed by atoms with E-state index in [4.69, 9.17) is 22.1 Å². The molecule has 0 spiro atoms. The Morgan fingerprint density at radius 3 is 2.89 bits per heavy atom. The van der Waals surface area contributed by atoms with E-state index in [2.05, 4.69) is 21.2 Å². The van der Waals surface area contributed by atoms with Crippen molar-refractivity contribution in [3.63, 3.8) is 0 Å². The van der Waals surface area contributed by atoms with Gasteiger partial charge in [0, 0.05) is 27.7 Å². The highest BCUT2D eigenvalue weighted by Crippen LogP contribution is 2.24. The van der Waals surface area contributed by atoms with Crippen LogP contribution in [0.15, 0.2) is 22.7 Å². The van der Waals surface area contributed by atoms with E-state index in [0.29, 0.717) is 17.2 Å². The molecule has 1 aliphatic carbocycles. The fourth-order valence-electron chi connectivity index (χ4n) is 2.15. The molecule has 0 heterocycles. The zero-order valence-corrected chi connectivity index (χ0v) is 12.9. The van der Waals surface area contributed by atoms with Crippen LogP contribution in [0, 0.1) is 0 Å². The van der Waals surface area contributed by atoms with E-state index < -0.39 is 0 Å². The van der Waals surface area contributed by atoms with Crippen LogP contribution in [0.2, 0.25) is 5.02 Å². The quantitative estimate of drug-likeness (QED) is 0.878. The second-order valence-corrected chi connectivity index (χ2v) is 5.90. The molecule has 0 aromatic heterocycles. The molecule has 1 fully saturated rings. The van der Waals surface area contributed by atoms with Crippen LogP contribution in [0.1, 0.15) is 23.7 Å². The number of rotatable bonds is 4. The van der Waals surface area contributed by atoms with Crippen LogP contribution in [-0.2, 0) is 4.74 Å². The fourth-order valence-corrected chi connectivity index (χ4v) is 3.01. The second kappa shape index (κ2) is 6.22. The van der Waals surface area contributed by atoms with Crippen molar-refractivity contribution in [3.05, 3.63) is 33.3 Å². The molecule has 1 amide bonds. The first-order valence-corrected chi connectivity index (χ1v) is 7.32. The van der Waals surface area contributed by atoms with E-state index in [0.717, 1.165) is 10.9 Å². The maximum Gasteiger partial charge on any atom is 0.251 e. The standard InChI is InChI=1S/C13H16BrClN2O2/c1-2-19-11-6-10(16)12(11)17-13(18)7-3-8(14)5-9(15)4-7/h3-5,10-12H,2,6,16H2,1H3,(H,17,18). The third-order valence-electron chi connectivity index (χ3n) is 3.17. The van der Waals surface area contributed by atoms with Crippen LogP contribution >= 0.6 is 27.5 Å². The van der Waals surface area contributed by atoms with Crippen LogP contribution in [0.25, 0.3) is 0 Å². The highest BCUT2D eigenvalue weighted by atomic mass is 79.9. The number of carbonyl (C=O) groups is 1. The number of nitrogens with one attached hydrogen (secondary N) is 1. The van der Waals surface area contributed by atoms with Crippen molar-refractivity contribution in [1.82, 2.24) is 5.32 Å². The lowest BCUT2D eigenvalue weighted by Crippen LogP contribution is -2.64. The molecule has 1 aromatic carbocycles. The first kappa shape index (κ1) is 14.8. The summed E-state index contributed by atoms with van der Waals surface area (Å²) in [6.07, 6.45) is 0.782. The van der Waals surface area contributed by atoms with Gasteiger partial charge in [0.25, 0.3) is 5.91 Å². The van der Waals surface area contributed by atoms with Gasteiger partial charge in [0.2, 0.25) is 0 Å². The van der Waals surface area contributed by atoms with Crippen molar-refractivity contribution in [2.75, 3.05) is 6.61 Å². The molecule has 0 radical (unpaired) electrons. The average Bonchev–Trinajstić information content (AvgIpc) is 2.34.